The van der Waals surface area contributed by atoms with Gasteiger partial charge in [0.15, 0.2) is 0 Å². The number of hydrogen-bond acceptors (Lipinski definition) is 3. The van der Waals surface area contributed by atoms with E-state index in [2.05, 4.69) is 0 Å². The maximum absolute atomic E-state index is 11.4. The predicted octanol–water partition coefficient (Wildman–Crippen LogP) is -0.0290. The summed E-state index contributed by atoms with van der Waals surface area (Å²) in [5.74, 6) is 0.0571. The van der Waals surface area contributed by atoms with Crippen LogP contribution in [-0.4, -0.2) is 42.6 Å². The van der Waals surface area contributed by atoms with Crippen molar-refractivity contribution >= 4 is 5.91 Å². The normalized spacial score (nSPS) is 22.8. The summed E-state index contributed by atoms with van der Waals surface area (Å²) < 4.78 is 5.22. The van der Waals surface area contributed by atoms with E-state index in [4.69, 9.17) is 10.5 Å². The molecule has 1 aliphatic rings. The zero-order valence-corrected chi connectivity index (χ0v) is 8.32. The second-order valence-electron chi connectivity index (χ2n) is 3.75. The summed E-state index contributed by atoms with van der Waals surface area (Å²) in [7, 11) is 0. The van der Waals surface area contributed by atoms with Crippen LogP contribution in [-0.2, 0) is 9.53 Å². The van der Waals surface area contributed by atoms with Crippen LogP contribution in [0.2, 0.25) is 0 Å². The second-order valence-corrected chi connectivity index (χ2v) is 3.75. The fourth-order valence-electron chi connectivity index (χ4n) is 1.34. The molecule has 0 bridgehead atoms. The highest BCUT2D eigenvalue weighted by atomic mass is 16.5. The van der Waals surface area contributed by atoms with Gasteiger partial charge in [0.2, 0.25) is 5.91 Å². The monoisotopic (exact) mass is 186 g/mol. The summed E-state index contributed by atoms with van der Waals surface area (Å²) in [5.41, 5.74) is 5.68. The third-order valence-corrected chi connectivity index (χ3v) is 2.12. The maximum Gasteiger partial charge on any atom is 0.248 e. The Hall–Kier alpha value is -0.610. The summed E-state index contributed by atoms with van der Waals surface area (Å²) in [5, 5.41) is 0. The zero-order valence-electron chi connectivity index (χ0n) is 8.32. The number of amides is 1. The van der Waals surface area contributed by atoms with Crippen molar-refractivity contribution in [2.24, 2.45) is 5.73 Å². The van der Waals surface area contributed by atoms with Gasteiger partial charge < -0.3 is 15.4 Å². The molecule has 1 saturated heterocycles. The lowest BCUT2D eigenvalue weighted by Crippen LogP contribution is -2.35. The topological polar surface area (TPSA) is 55.6 Å². The highest BCUT2D eigenvalue weighted by Crippen LogP contribution is 2.07. The van der Waals surface area contributed by atoms with E-state index >= 15 is 0 Å². The van der Waals surface area contributed by atoms with E-state index in [-0.39, 0.29) is 24.7 Å². The highest BCUT2D eigenvalue weighted by molar-refractivity contribution is 5.77. The van der Waals surface area contributed by atoms with Crippen LogP contribution in [0.25, 0.3) is 0 Å². The standard InChI is InChI=1S/C9H18N2O2/c1-7(2)13-6-9(12)11-4-3-8(10)5-11/h7-8H,3-6,10H2,1-2H3/t8-/m0/s1. The van der Waals surface area contributed by atoms with Crippen LogP contribution in [0.5, 0.6) is 0 Å². The van der Waals surface area contributed by atoms with Crippen molar-refractivity contribution in [3.63, 3.8) is 0 Å². The van der Waals surface area contributed by atoms with Gasteiger partial charge in [0.1, 0.15) is 6.61 Å². The number of rotatable bonds is 3. The first-order valence-electron chi connectivity index (χ1n) is 4.74. The number of ether oxygens (including phenoxy) is 1. The van der Waals surface area contributed by atoms with Gasteiger partial charge in [-0.2, -0.15) is 0 Å². The average Bonchev–Trinajstić information content (AvgIpc) is 2.47. The van der Waals surface area contributed by atoms with E-state index in [0.29, 0.717) is 6.54 Å². The molecule has 1 amide bonds. The molecule has 76 valence electrons. The van der Waals surface area contributed by atoms with E-state index in [1.165, 1.54) is 0 Å². The molecule has 2 N–H and O–H groups in total. The molecule has 1 rings (SSSR count). The van der Waals surface area contributed by atoms with Crippen molar-refractivity contribution in [3.8, 4) is 0 Å². The van der Waals surface area contributed by atoms with Crippen molar-refractivity contribution in [3.05, 3.63) is 0 Å². The number of nitrogens with two attached hydrogens (primary N) is 1. The van der Waals surface area contributed by atoms with Crippen LogP contribution < -0.4 is 5.73 Å². The summed E-state index contributed by atoms with van der Waals surface area (Å²) in [6.45, 7) is 5.48. The molecule has 4 heteroatoms. The number of carbonyl (C=O) groups is 1. The van der Waals surface area contributed by atoms with Gasteiger partial charge in [-0.25, -0.2) is 0 Å². The molecular weight excluding hydrogens is 168 g/mol. The number of nitrogens with zero attached hydrogens (tertiary/aromatic N) is 1. The SMILES string of the molecule is CC(C)OCC(=O)N1CC[C@H](N)C1. The number of hydrogen-bond donors (Lipinski definition) is 1. The Bertz CT molecular complexity index is 182. The first kappa shape index (κ1) is 10.5. The Balaban J connectivity index is 2.24. The van der Waals surface area contributed by atoms with Crippen molar-refractivity contribution in [1.82, 2.24) is 4.90 Å². The maximum atomic E-state index is 11.4. The van der Waals surface area contributed by atoms with Crippen molar-refractivity contribution in [1.29, 1.82) is 0 Å². The average molecular weight is 186 g/mol. The summed E-state index contributed by atoms with van der Waals surface area (Å²) in [6, 6.07) is 0.156. The van der Waals surface area contributed by atoms with Gasteiger partial charge in [-0.15, -0.1) is 0 Å². The third-order valence-electron chi connectivity index (χ3n) is 2.12. The van der Waals surface area contributed by atoms with Gasteiger partial charge in [0.25, 0.3) is 0 Å². The minimum absolute atomic E-state index is 0.0571. The van der Waals surface area contributed by atoms with Crippen molar-refractivity contribution in [2.75, 3.05) is 19.7 Å². The zero-order chi connectivity index (χ0) is 9.84. The molecule has 4 nitrogen and oxygen atoms in total. The molecular formula is C9H18N2O2. The van der Waals surface area contributed by atoms with Gasteiger partial charge in [-0.05, 0) is 20.3 Å². The van der Waals surface area contributed by atoms with Crippen LogP contribution in [0.3, 0.4) is 0 Å². The van der Waals surface area contributed by atoms with Crippen LogP contribution in [0.4, 0.5) is 0 Å². The molecule has 13 heavy (non-hydrogen) atoms. The van der Waals surface area contributed by atoms with E-state index in [1.54, 1.807) is 4.90 Å². The Morgan fingerprint density at radius 1 is 1.69 bits per heavy atom. The Morgan fingerprint density at radius 3 is 2.85 bits per heavy atom. The molecule has 1 heterocycles. The fourth-order valence-corrected chi connectivity index (χ4v) is 1.34. The Labute approximate surface area is 79.0 Å². The van der Waals surface area contributed by atoms with E-state index in [0.717, 1.165) is 13.0 Å². The Morgan fingerprint density at radius 2 is 2.38 bits per heavy atom. The summed E-state index contributed by atoms with van der Waals surface area (Å²) in [4.78, 5) is 13.2. The minimum Gasteiger partial charge on any atom is -0.369 e. The van der Waals surface area contributed by atoms with Crippen molar-refractivity contribution in [2.45, 2.75) is 32.4 Å². The van der Waals surface area contributed by atoms with Crippen molar-refractivity contribution < 1.29 is 9.53 Å². The van der Waals surface area contributed by atoms with E-state index < -0.39 is 0 Å². The highest BCUT2D eigenvalue weighted by Gasteiger charge is 2.23. The molecule has 0 aromatic heterocycles. The van der Waals surface area contributed by atoms with E-state index in [1.807, 2.05) is 13.8 Å². The lowest BCUT2D eigenvalue weighted by atomic mass is 10.3. The molecule has 0 aromatic carbocycles. The quantitative estimate of drug-likeness (QED) is 0.673. The fraction of sp³-hybridized carbons (Fsp3) is 0.889. The molecule has 0 saturated carbocycles. The van der Waals surface area contributed by atoms with Crippen LogP contribution in [0, 0.1) is 0 Å². The molecule has 0 unspecified atom stereocenters. The smallest absolute Gasteiger partial charge is 0.248 e. The molecule has 0 radical (unpaired) electrons. The van der Waals surface area contributed by atoms with Crippen LogP contribution in [0.15, 0.2) is 0 Å². The van der Waals surface area contributed by atoms with Gasteiger partial charge in [-0.3, -0.25) is 4.79 Å². The van der Waals surface area contributed by atoms with Crippen LogP contribution >= 0.6 is 0 Å². The van der Waals surface area contributed by atoms with E-state index in [9.17, 15) is 4.79 Å². The lowest BCUT2D eigenvalue weighted by Gasteiger charge is -2.16. The van der Waals surface area contributed by atoms with Gasteiger partial charge in [0, 0.05) is 19.1 Å². The van der Waals surface area contributed by atoms with Gasteiger partial charge in [0.05, 0.1) is 6.10 Å². The first-order valence-corrected chi connectivity index (χ1v) is 4.74. The summed E-state index contributed by atoms with van der Waals surface area (Å²) >= 11 is 0. The second kappa shape index (κ2) is 4.58. The lowest BCUT2D eigenvalue weighted by molar-refractivity contribution is -0.136. The molecule has 0 aromatic rings. The molecule has 1 atom stereocenters. The molecule has 1 aliphatic heterocycles. The predicted molar refractivity (Wildman–Crippen MR) is 50.3 cm³/mol. The van der Waals surface area contributed by atoms with Gasteiger partial charge >= 0.3 is 0 Å². The molecule has 0 spiro atoms. The van der Waals surface area contributed by atoms with Crippen LogP contribution in [0.1, 0.15) is 20.3 Å². The Kier molecular flexibility index (Phi) is 3.69. The third kappa shape index (κ3) is 3.32. The summed E-state index contributed by atoms with van der Waals surface area (Å²) in [6.07, 6.45) is 1.02. The minimum atomic E-state index is 0.0571. The number of carbonyl (C=O) groups excluding carboxylic acids is 1. The molecule has 0 aliphatic carbocycles. The number of likely N-dealkylation sites (tertiary alicyclic amines) is 1. The largest absolute Gasteiger partial charge is 0.369 e. The van der Waals surface area contributed by atoms with Gasteiger partial charge in [-0.1, -0.05) is 0 Å². The molecule has 1 fully saturated rings. The first-order chi connectivity index (χ1) is 6.09.